The van der Waals surface area contributed by atoms with Gasteiger partial charge in [0.15, 0.2) is 0 Å². The zero-order valence-corrected chi connectivity index (χ0v) is 11.6. The lowest BCUT2D eigenvalue weighted by atomic mass is 10.1. The summed E-state index contributed by atoms with van der Waals surface area (Å²) in [5.74, 6) is 0. The molecule has 0 saturated carbocycles. The minimum absolute atomic E-state index is 0.132. The summed E-state index contributed by atoms with van der Waals surface area (Å²) in [6.45, 7) is 0.551. The van der Waals surface area contributed by atoms with E-state index in [0.717, 1.165) is 17.0 Å². The van der Waals surface area contributed by atoms with Crippen molar-refractivity contribution in [2.45, 2.75) is 6.18 Å². The number of halogens is 3. The van der Waals surface area contributed by atoms with Crippen LogP contribution >= 0.6 is 0 Å². The Morgan fingerprint density at radius 1 is 1.48 bits per heavy atom. The number of alkyl halides is 3. The van der Waals surface area contributed by atoms with E-state index in [9.17, 15) is 23.3 Å². The van der Waals surface area contributed by atoms with E-state index in [4.69, 9.17) is 0 Å². The average molecular weight is 303 g/mol. The number of non-ortho nitro benzene ring substituents is 1. The summed E-state index contributed by atoms with van der Waals surface area (Å²) < 4.78 is 39.2. The molecule has 1 rings (SSSR count). The van der Waals surface area contributed by atoms with Gasteiger partial charge >= 0.3 is 6.18 Å². The normalized spacial score (nSPS) is 12.3. The first-order chi connectivity index (χ1) is 9.75. The Labute approximate surface area is 120 Å². The van der Waals surface area contributed by atoms with Crippen molar-refractivity contribution in [3.63, 3.8) is 0 Å². The molecule has 0 aliphatic heterocycles. The van der Waals surface area contributed by atoms with Crippen LogP contribution in [-0.4, -0.2) is 43.2 Å². The van der Waals surface area contributed by atoms with Gasteiger partial charge in [0.1, 0.15) is 5.70 Å². The molecule has 0 heterocycles. The van der Waals surface area contributed by atoms with Gasteiger partial charge in [-0.15, -0.1) is 0 Å². The number of nitro benzene ring substituents is 1. The van der Waals surface area contributed by atoms with Gasteiger partial charge in [-0.2, -0.15) is 13.2 Å². The highest BCUT2D eigenvalue weighted by Crippen LogP contribution is 2.30. The summed E-state index contributed by atoms with van der Waals surface area (Å²) in [6.07, 6.45) is -3.63. The van der Waals surface area contributed by atoms with Crippen LogP contribution in [0.2, 0.25) is 0 Å². The predicted octanol–water partition coefficient (Wildman–Crippen LogP) is 2.65. The molecule has 0 bridgehead atoms. The van der Waals surface area contributed by atoms with E-state index in [1.807, 2.05) is 0 Å². The molecule has 8 heteroatoms. The third kappa shape index (κ3) is 5.07. The highest BCUT2D eigenvalue weighted by Gasteiger charge is 2.36. The molecule has 5 nitrogen and oxygen atoms in total. The maximum absolute atomic E-state index is 13.1. The Balaban J connectivity index is 3.13. The largest absolute Gasteiger partial charge is 0.431 e. The molecule has 0 aliphatic carbocycles. The number of hydrogen-bond donors (Lipinski definition) is 1. The monoisotopic (exact) mass is 303 g/mol. The lowest BCUT2D eigenvalue weighted by Gasteiger charge is -2.24. The second-order valence-corrected chi connectivity index (χ2v) is 4.40. The lowest BCUT2D eigenvalue weighted by molar-refractivity contribution is -0.384. The molecule has 0 amide bonds. The van der Waals surface area contributed by atoms with Gasteiger partial charge in [-0.1, -0.05) is 12.1 Å². The zero-order valence-electron chi connectivity index (χ0n) is 11.6. The number of allylic oxidation sites excluding steroid dienone is 1. The number of hydrogen-bond acceptors (Lipinski definition) is 4. The Hall–Kier alpha value is -2.09. The molecule has 116 valence electrons. The van der Waals surface area contributed by atoms with Crippen molar-refractivity contribution in [1.82, 2.24) is 10.2 Å². The maximum Gasteiger partial charge on any atom is 0.431 e. The molecular formula is C13H16F3N3O2. The fraction of sp³-hybridized carbons (Fsp3) is 0.385. The first-order valence-corrected chi connectivity index (χ1v) is 6.15. The molecule has 0 unspecified atom stereocenters. The Morgan fingerprint density at radius 3 is 2.67 bits per heavy atom. The fourth-order valence-corrected chi connectivity index (χ4v) is 1.69. The highest BCUT2D eigenvalue weighted by atomic mass is 19.4. The standard InChI is InChI=1S/C13H16F3N3O2/c1-17-6-7-18(2)12(13(14,15)16)9-10-4-3-5-11(8-10)19(20)21/h3-5,8-9,17H,6-7H2,1-2H3/b12-9-. The molecule has 1 aromatic rings. The minimum atomic E-state index is -4.53. The van der Waals surface area contributed by atoms with Gasteiger partial charge in [0.05, 0.1) is 4.92 Å². The second-order valence-electron chi connectivity index (χ2n) is 4.40. The van der Waals surface area contributed by atoms with Crippen LogP contribution in [-0.2, 0) is 0 Å². The quantitative estimate of drug-likeness (QED) is 0.648. The number of nitro groups is 1. The van der Waals surface area contributed by atoms with Crippen LogP contribution in [0.1, 0.15) is 5.56 Å². The summed E-state index contributed by atoms with van der Waals surface area (Å²) >= 11 is 0. The van der Waals surface area contributed by atoms with Crippen molar-refractivity contribution in [3.8, 4) is 0 Å². The Kier molecular flexibility index (Phi) is 5.71. The smallest absolute Gasteiger partial charge is 0.369 e. The fourth-order valence-electron chi connectivity index (χ4n) is 1.69. The van der Waals surface area contributed by atoms with E-state index in [2.05, 4.69) is 5.32 Å². The second kappa shape index (κ2) is 7.07. The summed E-state index contributed by atoms with van der Waals surface area (Å²) in [5.41, 5.74) is -0.964. The van der Waals surface area contributed by atoms with Crippen molar-refractivity contribution < 1.29 is 18.1 Å². The Bertz CT molecular complexity index is 530. The van der Waals surface area contributed by atoms with Crippen LogP contribution < -0.4 is 5.32 Å². The number of rotatable bonds is 6. The summed E-state index contributed by atoms with van der Waals surface area (Å²) in [6, 6.07) is 5.09. The molecule has 0 radical (unpaired) electrons. The highest BCUT2D eigenvalue weighted by molar-refractivity contribution is 5.56. The van der Waals surface area contributed by atoms with E-state index in [1.54, 1.807) is 7.05 Å². The maximum atomic E-state index is 13.1. The topological polar surface area (TPSA) is 58.4 Å². The van der Waals surface area contributed by atoms with E-state index in [-0.39, 0.29) is 17.8 Å². The van der Waals surface area contributed by atoms with Crippen LogP contribution in [0.4, 0.5) is 18.9 Å². The third-order valence-electron chi connectivity index (χ3n) is 2.78. The van der Waals surface area contributed by atoms with Crippen LogP contribution in [0, 0.1) is 10.1 Å². The molecule has 21 heavy (non-hydrogen) atoms. The summed E-state index contributed by atoms with van der Waals surface area (Å²) in [5, 5.41) is 13.4. The molecule has 0 spiro atoms. The van der Waals surface area contributed by atoms with Crippen LogP contribution in [0.3, 0.4) is 0 Å². The molecule has 0 atom stereocenters. The van der Waals surface area contributed by atoms with Gasteiger partial charge in [-0.05, 0) is 18.7 Å². The molecular weight excluding hydrogens is 287 g/mol. The first-order valence-electron chi connectivity index (χ1n) is 6.15. The van der Waals surface area contributed by atoms with Gasteiger partial charge in [0.25, 0.3) is 5.69 Å². The number of benzene rings is 1. The van der Waals surface area contributed by atoms with Gasteiger partial charge < -0.3 is 10.2 Å². The van der Waals surface area contributed by atoms with Crippen LogP contribution in [0.25, 0.3) is 6.08 Å². The van der Waals surface area contributed by atoms with E-state index in [0.29, 0.717) is 6.54 Å². The van der Waals surface area contributed by atoms with Gasteiger partial charge in [0.2, 0.25) is 0 Å². The summed E-state index contributed by atoms with van der Waals surface area (Å²) in [7, 11) is 2.97. The molecule has 1 N–H and O–H groups in total. The van der Waals surface area contributed by atoms with E-state index < -0.39 is 16.8 Å². The SMILES string of the molecule is CNCCN(C)/C(=C\c1cccc([N+](=O)[O-])c1)C(F)(F)F. The minimum Gasteiger partial charge on any atom is -0.369 e. The first kappa shape index (κ1) is 17.0. The van der Waals surface area contributed by atoms with Gasteiger partial charge in [-0.3, -0.25) is 10.1 Å². The van der Waals surface area contributed by atoms with E-state index >= 15 is 0 Å². The molecule has 0 aliphatic rings. The van der Waals surface area contributed by atoms with E-state index in [1.165, 1.54) is 25.2 Å². The van der Waals surface area contributed by atoms with Crippen molar-refractivity contribution in [2.75, 3.05) is 27.2 Å². The van der Waals surface area contributed by atoms with Crippen molar-refractivity contribution in [1.29, 1.82) is 0 Å². The third-order valence-corrected chi connectivity index (χ3v) is 2.78. The van der Waals surface area contributed by atoms with Crippen molar-refractivity contribution in [3.05, 3.63) is 45.6 Å². The lowest BCUT2D eigenvalue weighted by Crippen LogP contribution is -2.33. The average Bonchev–Trinajstić information content (AvgIpc) is 2.41. The van der Waals surface area contributed by atoms with Crippen molar-refractivity contribution in [2.24, 2.45) is 0 Å². The molecule has 0 aromatic heterocycles. The molecule has 0 fully saturated rings. The molecule has 0 saturated heterocycles. The molecule has 1 aromatic carbocycles. The van der Waals surface area contributed by atoms with Crippen LogP contribution in [0.5, 0.6) is 0 Å². The number of nitrogens with zero attached hydrogens (tertiary/aromatic N) is 2. The van der Waals surface area contributed by atoms with Crippen LogP contribution in [0.15, 0.2) is 30.0 Å². The van der Waals surface area contributed by atoms with Crippen molar-refractivity contribution >= 4 is 11.8 Å². The van der Waals surface area contributed by atoms with Gasteiger partial charge in [-0.25, -0.2) is 0 Å². The zero-order chi connectivity index (χ0) is 16.0. The van der Waals surface area contributed by atoms with Gasteiger partial charge in [0, 0.05) is 32.3 Å². The number of likely N-dealkylation sites (N-methyl/N-ethyl adjacent to an activating group) is 2. The Morgan fingerprint density at radius 2 is 2.14 bits per heavy atom. The predicted molar refractivity (Wildman–Crippen MR) is 73.7 cm³/mol. The summed E-state index contributed by atoms with van der Waals surface area (Å²) in [4.78, 5) is 11.1. The number of nitrogens with one attached hydrogen (secondary N) is 1.